The molecule has 1 aromatic heterocycles. The van der Waals surface area contributed by atoms with Gasteiger partial charge in [-0.1, -0.05) is 22.0 Å². The molecule has 13 heavy (non-hydrogen) atoms. The fourth-order valence-electron chi connectivity index (χ4n) is 1.16. The SMILES string of the molecule is CC(CCBr)NCCc1cccs1. The molecule has 0 aliphatic rings. The Morgan fingerprint density at radius 2 is 2.46 bits per heavy atom. The summed E-state index contributed by atoms with van der Waals surface area (Å²) < 4.78 is 0. The first-order chi connectivity index (χ1) is 6.33. The topological polar surface area (TPSA) is 12.0 Å². The normalized spacial score (nSPS) is 13.1. The van der Waals surface area contributed by atoms with E-state index >= 15 is 0 Å². The Bertz CT molecular complexity index is 211. The summed E-state index contributed by atoms with van der Waals surface area (Å²) >= 11 is 5.28. The summed E-state index contributed by atoms with van der Waals surface area (Å²) in [6, 6.07) is 4.93. The van der Waals surface area contributed by atoms with Crippen molar-refractivity contribution in [2.75, 3.05) is 11.9 Å². The van der Waals surface area contributed by atoms with E-state index in [9.17, 15) is 0 Å². The number of thiophene rings is 1. The quantitative estimate of drug-likeness (QED) is 0.777. The molecule has 0 aliphatic heterocycles. The molecule has 1 aromatic rings. The second kappa shape index (κ2) is 6.57. The average molecular weight is 262 g/mol. The highest BCUT2D eigenvalue weighted by Crippen LogP contribution is 2.08. The van der Waals surface area contributed by atoms with E-state index in [1.807, 2.05) is 11.3 Å². The van der Waals surface area contributed by atoms with Crippen molar-refractivity contribution in [1.82, 2.24) is 5.32 Å². The Kier molecular flexibility index (Phi) is 5.67. The van der Waals surface area contributed by atoms with Gasteiger partial charge in [0.25, 0.3) is 0 Å². The van der Waals surface area contributed by atoms with Crippen molar-refractivity contribution in [1.29, 1.82) is 0 Å². The Balaban J connectivity index is 2.07. The molecule has 0 aliphatic carbocycles. The molecule has 1 rings (SSSR count). The third-order valence-electron chi connectivity index (χ3n) is 1.99. The van der Waals surface area contributed by atoms with Crippen LogP contribution in [0, 0.1) is 0 Å². The van der Waals surface area contributed by atoms with Crippen LogP contribution in [0.2, 0.25) is 0 Å². The van der Waals surface area contributed by atoms with Crippen LogP contribution >= 0.6 is 27.3 Å². The Hall–Kier alpha value is 0.140. The fraction of sp³-hybridized carbons (Fsp3) is 0.600. The molecular formula is C10H16BrNS. The van der Waals surface area contributed by atoms with Gasteiger partial charge in [-0.05, 0) is 31.2 Å². The third-order valence-corrected chi connectivity index (χ3v) is 3.38. The average Bonchev–Trinajstić information content (AvgIpc) is 2.57. The molecule has 74 valence electrons. The zero-order valence-corrected chi connectivity index (χ0v) is 10.3. The molecule has 0 spiro atoms. The predicted octanol–water partition coefficient (Wildman–Crippen LogP) is 3.05. The van der Waals surface area contributed by atoms with E-state index in [2.05, 4.69) is 45.7 Å². The van der Waals surface area contributed by atoms with Crippen molar-refractivity contribution in [3.8, 4) is 0 Å². The van der Waals surface area contributed by atoms with Gasteiger partial charge in [0.2, 0.25) is 0 Å². The third kappa shape index (κ3) is 4.79. The molecule has 1 heterocycles. The van der Waals surface area contributed by atoms with E-state index in [1.54, 1.807) is 0 Å². The first kappa shape index (κ1) is 11.2. The lowest BCUT2D eigenvalue weighted by Gasteiger charge is -2.11. The van der Waals surface area contributed by atoms with Crippen molar-refractivity contribution in [3.63, 3.8) is 0 Å². The highest BCUT2D eigenvalue weighted by atomic mass is 79.9. The number of hydrogen-bond acceptors (Lipinski definition) is 2. The lowest BCUT2D eigenvalue weighted by molar-refractivity contribution is 0.543. The zero-order valence-electron chi connectivity index (χ0n) is 7.92. The minimum Gasteiger partial charge on any atom is -0.314 e. The summed E-state index contributed by atoms with van der Waals surface area (Å²) in [5.41, 5.74) is 0. The predicted molar refractivity (Wildman–Crippen MR) is 63.9 cm³/mol. The van der Waals surface area contributed by atoms with Crippen LogP contribution in [0.1, 0.15) is 18.2 Å². The van der Waals surface area contributed by atoms with Gasteiger partial charge < -0.3 is 5.32 Å². The van der Waals surface area contributed by atoms with Crippen molar-refractivity contribution in [2.45, 2.75) is 25.8 Å². The zero-order chi connectivity index (χ0) is 9.52. The van der Waals surface area contributed by atoms with Gasteiger partial charge >= 0.3 is 0 Å². The molecule has 3 heteroatoms. The van der Waals surface area contributed by atoms with Crippen LogP contribution in [0.25, 0.3) is 0 Å². The van der Waals surface area contributed by atoms with Crippen molar-refractivity contribution < 1.29 is 0 Å². The Labute approximate surface area is 92.7 Å². The smallest absolute Gasteiger partial charge is 0.00578 e. The number of halogens is 1. The van der Waals surface area contributed by atoms with Crippen LogP contribution < -0.4 is 5.32 Å². The molecular weight excluding hydrogens is 246 g/mol. The maximum Gasteiger partial charge on any atom is 0.00578 e. The molecule has 1 nitrogen and oxygen atoms in total. The Morgan fingerprint density at radius 3 is 3.08 bits per heavy atom. The highest BCUT2D eigenvalue weighted by Gasteiger charge is 1.99. The minimum atomic E-state index is 0.624. The number of hydrogen-bond donors (Lipinski definition) is 1. The van der Waals surface area contributed by atoms with Crippen molar-refractivity contribution >= 4 is 27.3 Å². The van der Waals surface area contributed by atoms with Gasteiger partial charge in [0, 0.05) is 22.8 Å². The van der Waals surface area contributed by atoms with Gasteiger partial charge in [0.1, 0.15) is 0 Å². The standard InChI is InChI=1S/C10H16BrNS/c1-9(4-6-11)12-7-5-10-3-2-8-13-10/h2-3,8-9,12H,4-7H2,1H3. The number of alkyl halides is 1. The molecule has 0 saturated heterocycles. The molecule has 0 bridgehead atoms. The van der Waals surface area contributed by atoms with Crippen molar-refractivity contribution in [3.05, 3.63) is 22.4 Å². The van der Waals surface area contributed by atoms with Crippen LogP contribution in [-0.4, -0.2) is 17.9 Å². The molecule has 0 fully saturated rings. The Morgan fingerprint density at radius 1 is 1.62 bits per heavy atom. The van der Waals surface area contributed by atoms with E-state index < -0.39 is 0 Å². The van der Waals surface area contributed by atoms with Crippen LogP contribution in [0.5, 0.6) is 0 Å². The summed E-state index contributed by atoms with van der Waals surface area (Å²) in [4.78, 5) is 1.47. The second-order valence-electron chi connectivity index (χ2n) is 3.16. The molecule has 1 N–H and O–H groups in total. The highest BCUT2D eigenvalue weighted by molar-refractivity contribution is 9.09. The van der Waals surface area contributed by atoms with Gasteiger partial charge in [-0.2, -0.15) is 0 Å². The molecule has 0 saturated carbocycles. The van der Waals surface area contributed by atoms with Gasteiger partial charge in [0.05, 0.1) is 0 Å². The van der Waals surface area contributed by atoms with Gasteiger partial charge in [-0.25, -0.2) is 0 Å². The molecule has 0 aromatic carbocycles. The van der Waals surface area contributed by atoms with Crippen molar-refractivity contribution in [2.24, 2.45) is 0 Å². The molecule has 0 radical (unpaired) electrons. The van der Waals surface area contributed by atoms with Crippen LogP contribution in [0.15, 0.2) is 17.5 Å². The first-order valence-corrected chi connectivity index (χ1v) is 6.64. The molecule has 1 unspecified atom stereocenters. The molecule has 0 amide bonds. The van der Waals surface area contributed by atoms with Gasteiger partial charge in [-0.3, -0.25) is 0 Å². The fourth-order valence-corrected chi connectivity index (χ4v) is 2.56. The largest absolute Gasteiger partial charge is 0.314 e. The first-order valence-electron chi connectivity index (χ1n) is 4.64. The van der Waals surface area contributed by atoms with E-state index in [0.29, 0.717) is 6.04 Å². The lowest BCUT2D eigenvalue weighted by atomic mass is 10.2. The number of rotatable bonds is 6. The van der Waals surface area contributed by atoms with Gasteiger partial charge in [0.15, 0.2) is 0 Å². The molecule has 1 atom stereocenters. The van der Waals surface area contributed by atoms with E-state index in [0.717, 1.165) is 18.3 Å². The maximum absolute atomic E-state index is 3.50. The summed E-state index contributed by atoms with van der Waals surface area (Å²) in [5, 5.41) is 6.72. The van der Waals surface area contributed by atoms with Crippen LogP contribution in [-0.2, 0) is 6.42 Å². The summed E-state index contributed by atoms with van der Waals surface area (Å²) in [5.74, 6) is 0. The summed E-state index contributed by atoms with van der Waals surface area (Å²) in [7, 11) is 0. The van der Waals surface area contributed by atoms with Crippen LogP contribution in [0.3, 0.4) is 0 Å². The van der Waals surface area contributed by atoms with E-state index in [4.69, 9.17) is 0 Å². The van der Waals surface area contributed by atoms with Crippen LogP contribution in [0.4, 0.5) is 0 Å². The summed E-state index contributed by atoms with van der Waals surface area (Å²) in [6.07, 6.45) is 2.36. The lowest BCUT2D eigenvalue weighted by Crippen LogP contribution is -2.28. The monoisotopic (exact) mass is 261 g/mol. The summed E-state index contributed by atoms with van der Waals surface area (Å²) in [6.45, 7) is 3.32. The second-order valence-corrected chi connectivity index (χ2v) is 4.99. The number of nitrogens with one attached hydrogen (secondary N) is 1. The van der Waals surface area contributed by atoms with E-state index in [-0.39, 0.29) is 0 Å². The van der Waals surface area contributed by atoms with Gasteiger partial charge in [-0.15, -0.1) is 11.3 Å². The van der Waals surface area contributed by atoms with E-state index in [1.165, 1.54) is 11.3 Å². The maximum atomic E-state index is 3.50. The minimum absolute atomic E-state index is 0.624.